The molecule has 2 atom stereocenters. The van der Waals surface area contributed by atoms with E-state index in [0.717, 1.165) is 5.56 Å². The molecule has 1 heterocycles. The zero-order valence-electron chi connectivity index (χ0n) is 14.4. The molecule has 0 unspecified atom stereocenters. The van der Waals surface area contributed by atoms with Crippen molar-refractivity contribution in [3.63, 3.8) is 0 Å². The molecule has 0 saturated carbocycles. The Labute approximate surface area is 148 Å². The van der Waals surface area contributed by atoms with Gasteiger partial charge in [0.15, 0.2) is 9.84 Å². The Morgan fingerprint density at radius 2 is 1.92 bits per heavy atom. The van der Waals surface area contributed by atoms with Crippen molar-refractivity contribution in [2.75, 3.05) is 11.5 Å². The predicted octanol–water partition coefficient (Wildman–Crippen LogP) is 1.24. The van der Waals surface area contributed by atoms with Crippen LogP contribution in [0, 0.1) is 5.92 Å². The van der Waals surface area contributed by atoms with Crippen LogP contribution in [0.15, 0.2) is 30.3 Å². The fraction of sp³-hybridized carbons (Fsp3) is 0.529. The van der Waals surface area contributed by atoms with Gasteiger partial charge in [-0.05, 0) is 17.9 Å². The minimum absolute atomic E-state index is 0.0536. The van der Waals surface area contributed by atoms with Gasteiger partial charge >= 0.3 is 6.09 Å². The van der Waals surface area contributed by atoms with Crippen LogP contribution < -0.4 is 10.6 Å². The van der Waals surface area contributed by atoms with Gasteiger partial charge in [-0.2, -0.15) is 0 Å². The number of rotatable bonds is 6. The van der Waals surface area contributed by atoms with Crippen LogP contribution >= 0.6 is 0 Å². The van der Waals surface area contributed by atoms with Crippen molar-refractivity contribution in [3.8, 4) is 0 Å². The number of benzene rings is 1. The first-order chi connectivity index (χ1) is 11.8. The minimum atomic E-state index is -3.08. The van der Waals surface area contributed by atoms with Gasteiger partial charge in [-0.3, -0.25) is 4.79 Å². The number of hydrogen-bond acceptors (Lipinski definition) is 5. The molecule has 0 radical (unpaired) electrons. The summed E-state index contributed by atoms with van der Waals surface area (Å²) in [6.07, 6.45) is -0.283. The zero-order chi connectivity index (χ0) is 18.4. The lowest BCUT2D eigenvalue weighted by atomic mass is 10.0. The van der Waals surface area contributed by atoms with Crippen LogP contribution in [-0.2, 0) is 26.0 Å². The van der Waals surface area contributed by atoms with E-state index in [0.29, 0.717) is 6.42 Å². The number of sulfone groups is 1. The lowest BCUT2D eigenvalue weighted by molar-refractivity contribution is -0.124. The fourth-order valence-corrected chi connectivity index (χ4v) is 4.30. The van der Waals surface area contributed by atoms with Crippen molar-refractivity contribution in [1.29, 1.82) is 0 Å². The van der Waals surface area contributed by atoms with Crippen molar-refractivity contribution >= 4 is 21.8 Å². The summed E-state index contributed by atoms with van der Waals surface area (Å²) in [5.74, 6) is -0.533. The highest BCUT2D eigenvalue weighted by Gasteiger charge is 2.32. The summed E-state index contributed by atoms with van der Waals surface area (Å²) < 4.78 is 28.1. The Balaban J connectivity index is 1.86. The minimum Gasteiger partial charge on any atom is -0.445 e. The molecule has 1 aliphatic rings. The highest BCUT2D eigenvalue weighted by Crippen LogP contribution is 2.12. The Kier molecular flexibility index (Phi) is 6.41. The second kappa shape index (κ2) is 8.33. The third-order valence-electron chi connectivity index (χ3n) is 4.01. The Morgan fingerprint density at radius 3 is 2.48 bits per heavy atom. The van der Waals surface area contributed by atoms with E-state index in [-0.39, 0.29) is 24.0 Å². The number of amides is 2. The molecule has 1 saturated heterocycles. The number of hydrogen-bond donors (Lipinski definition) is 2. The molecule has 2 amide bonds. The second-order valence-corrected chi connectivity index (χ2v) is 8.77. The van der Waals surface area contributed by atoms with Crippen molar-refractivity contribution in [2.24, 2.45) is 5.92 Å². The lowest BCUT2D eigenvalue weighted by Gasteiger charge is -2.23. The number of ether oxygens (including phenoxy) is 1. The molecule has 138 valence electrons. The Bertz CT molecular complexity index is 703. The highest BCUT2D eigenvalue weighted by molar-refractivity contribution is 7.91. The smallest absolute Gasteiger partial charge is 0.408 e. The van der Waals surface area contributed by atoms with Crippen LogP contribution in [0.25, 0.3) is 0 Å². The van der Waals surface area contributed by atoms with Gasteiger partial charge in [0, 0.05) is 6.04 Å². The summed E-state index contributed by atoms with van der Waals surface area (Å²) in [7, 11) is -3.08. The number of nitrogens with one attached hydrogen (secondary N) is 2. The topological polar surface area (TPSA) is 102 Å². The van der Waals surface area contributed by atoms with E-state index >= 15 is 0 Å². The first-order valence-electron chi connectivity index (χ1n) is 8.25. The molecule has 0 aliphatic carbocycles. The van der Waals surface area contributed by atoms with Gasteiger partial charge < -0.3 is 15.4 Å². The maximum Gasteiger partial charge on any atom is 0.408 e. The third-order valence-corrected chi connectivity index (χ3v) is 5.78. The van der Waals surface area contributed by atoms with E-state index in [1.807, 2.05) is 30.3 Å². The molecular formula is C17H24N2O5S. The molecule has 0 spiro atoms. The molecule has 2 rings (SSSR count). The molecule has 1 aliphatic heterocycles. The van der Waals surface area contributed by atoms with Crippen LogP contribution in [0.5, 0.6) is 0 Å². The summed E-state index contributed by atoms with van der Waals surface area (Å²) in [5.41, 5.74) is 0.847. The molecule has 0 aromatic heterocycles. The first kappa shape index (κ1) is 19.2. The van der Waals surface area contributed by atoms with Crippen molar-refractivity contribution in [2.45, 2.75) is 39.0 Å². The van der Waals surface area contributed by atoms with Gasteiger partial charge in [-0.25, -0.2) is 13.2 Å². The number of carbonyl (C=O) groups excluding carboxylic acids is 2. The summed E-state index contributed by atoms with van der Waals surface area (Å²) in [6, 6.07) is 8.03. The van der Waals surface area contributed by atoms with E-state index in [9.17, 15) is 18.0 Å². The summed E-state index contributed by atoms with van der Waals surface area (Å²) in [6.45, 7) is 3.71. The second-order valence-electron chi connectivity index (χ2n) is 6.54. The fourth-order valence-electron chi connectivity index (χ4n) is 2.63. The Hall–Kier alpha value is -2.09. The summed E-state index contributed by atoms with van der Waals surface area (Å²) in [4.78, 5) is 24.4. The first-order valence-corrected chi connectivity index (χ1v) is 10.1. The van der Waals surface area contributed by atoms with Crippen LogP contribution in [0.1, 0.15) is 25.8 Å². The van der Waals surface area contributed by atoms with Gasteiger partial charge in [0.2, 0.25) is 5.91 Å². The highest BCUT2D eigenvalue weighted by atomic mass is 32.2. The Morgan fingerprint density at radius 1 is 1.24 bits per heavy atom. The van der Waals surface area contributed by atoms with E-state index in [1.54, 1.807) is 13.8 Å². The lowest BCUT2D eigenvalue weighted by Crippen LogP contribution is -2.52. The predicted molar refractivity (Wildman–Crippen MR) is 93.6 cm³/mol. The van der Waals surface area contributed by atoms with Gasteiger partial charge in [0.25, 0.3) is 0 Å². The molecular weight excluding hydrogens is 344 g/mol. The molecule has 1 aromatic rings. The molecule has 1 fully saturated rings. The van der Waals surface area contributed by atoms with E-state index in [1.165, 1.54) is 0 Å². The quantitative estimate of drug-likeness (QED) is 0.787. The molecule has 8 heteroatoms. The number of carbonyl (C=O) groups is 2. The monoisotopic (exact) mass is 368 g/mol. The van der Waals surface area contributed by atoms with Crippen LogP contribution in [0.2, 0.25) is 0 Å². The molecule has 2 N–H and O–H groups in total. The van der Waals surface area contributed by atoms with Crippen molar-refractivity contribution in [1.82, 2.24) is 10.6 Å². The molecule has 25 heavy (non-hydrogen) atoms. The summed E-state index contributed by atoms with van der Waals surface area (Å²) >= 11 is 0. The summed E-state index contributed by atoms with van der Waals surface area (Å²) in [5, 5.41) is 5.27. The molecule has 7 nitrogen and oxygen atoms in total. The molecule has 1 aromatic carbocycles. The normalized spacial score (nSPS) is 20.0. The van der Waals surface area contributed by atoms with Gasteiger partial charge in [-0.1, -0.05) is 44.2 Å². The average Bonchev–Trinajstić information content (AvgIpc) is 2.89. The van der Waals surface area contributed by atoms with Gasteiger partial charge in [-0.15, -0.1) is 0 Å². The van der Waals surface area contributed by atoms with Gasteiger partial charge in [0.05, 0.1) is 11.5 Å². The SMILES string of the molecule is CC(C)[C@H](NC(=O)OCc1ccccc1)C(=O)N[C@@H]1CCS(=O)(=O)C1. The van der Waals surface area contributed by atoms with Crippen LogP contribution in [0.4, 0.5) is 4.79 Å². The van der Waals surface area contributed by atoms with Crippen molar-refractivity contribution < 1.29 is 22.7 Å². The maximum atomic E-state index is 12.4. The van der Waals surface area contributed by atoms with E-state index in [2.05, 4.69) is 10.6 Å². The van der Waals surface area contributed by atoms with Crippen LogP contribution in [-0.4, -0.2) is 44.0 Å². The maximum absolute atomic E-state index is 12.4. The molecule has 0 bridgehead atoms. The zero-order valence-corrected chi connectivity index (χ0v) is 15.2. The van der Waals surface area contributed by atoms with E-state index in [4.69, 9.17) is 4.74 Å². The largest absolute Gasteiger partial charge is 0.445 e. The van der Waals surface area contributed by atoms with Crippen molar-refractivity contribution in [3.05, 3.63) is 35.9 Å². The van der Waals surface area contributed by atoms with Gasteiger partial charge in [0.1, 0.15) is 12.6 Å². The average molecular weight is 368 g/mol. The third kappa shape index (κ3) is 6.04. The van der Waals surface area contributed by atoms with Crippen LogP contribution in [0.3, 0.4) is 0 Å². The van der Waals surface area contributed by atoms with E-state index < -0.39 is 33.9 Å². The number of alkyl carbamates (subject to hydrolysis) is 1. The standard InChI is InChI=1S/C17H24N2O5S/c1-12(2)15(16(20)18-14-8-9-25(22,23)11-14)19-17(21)24-10-13-6-4-3-5-7-13/h3-7,12,14-15H,8-11H2,1-2H3,(H,18,20)(H,19,21)/t14-,15+/m1/s1.